The van der Waals surface area contributed by atoms with Crippen LogP contribution < -0.4 is 14.5 Å². The highest BCUT2D eigenvalue weighted by molar-refractivity contribution is 5.91. The molecule has 0 saturated heterocycles. The number of alkyl halides is 3. The quantitative estimate of drug-likeness (QED) is 0.212. The van der Waals surface area contributed by atoms with Gasteiger partial charge in [0.05, 0.1) is 17.0 Å². The summed E-state index contributed by atoms with van der Waals surface area (Å²) in [5.41, 5.74) is 0.760. The average molecular weight is 595 g/mol. The van der Waals surface area contributed by atoms with Crippen molar-refractivity contribution in [1.29, 1.82) is 0 Å². The Morgan fingerprint density at radius 1 is 1.00 bits per heavy atom. The van der Waals surface area contributed by atoms with Crippen molar-refractivity contribution in [3.63, 3.8) is 0 Å². The molecule has 0 fully saturated rings. The Morgan fingerprint density at radius 2 is 1.72 bits per heavy atom. The number of aromatic nitrogens is 4. The van der Waals surface area contributed by atoms with Gasteiger partial charge < -0.3 is 14.5 Å². The maximum Gasteiger partial charge on any atom is 0.419 e. The third-order valence-corrected chi connectivity index (χ3v) is 7.72. The van der Waals surface area contributed by atoms with Gasteiger partial charge in [-0.3, -0.25) is 0 Å². The molecule has 1 aliphatic rings. The molecule has 12 heteroatoms. The third kappa shape index (κ3) is 5.21. The second-order valence-corrected chi connectivity index (χ2v) is 10.6. The van der Waals surface area contributed by atoms with Gasteiger partial charge >= 0.3 is 6.18 Å². The van der Waals surface area contributed by atoms with Crippen LogP contribution in [0.1, 0.15) is 16.7 Å². The number of fused-ring (bicyclic) bond motifs is 2. The Morgan fingerprint density at radius 3 is 2.47 bits per heavy atom. The molecule has 6 rings (SSSR count). The van der Waals surface area contributed by atoms with Crippen LogP contribution in [0.3, 0.4) is 0 Å². The Hall–Kier alpha value is -4.74. The number of ether oxygens (including phenoxy) is 1. The molecule has 3 heterocycles. The second kappa shape index (κ2) is 10.8. The van der Waals surface area contributed by atoms with E-state index >= 15 is 8.78 Å². The highest BCUT2D eigenvalue weighted by Gasteiger charge is 2.39. The molecule has 0 N–H and O–H groups in total. The lowest BCUT2D eigenvalue weighted by atomic mass is 9.97. The Labute approximate surface area is 244 Å². The summed E-state index contributed by atoms with van der Waals surface area (Å²) >= 11 is 0. The van der Waals surface area contributed by atoms with Crippen molar-refractivity contribution in [2.75, 3.05) is 30.4 Å². The van der Waals surface area contributed by atoms with E-state index in [1.807, 2.05) is 31.1 Å². The van der Waals surface area contributed by atoms with Crippen LogP contribution in [-0.4, -0.2) is 46.4 Å². The van der Waals surface area contributed by atoms with Gasteiger partial charge in [0.15, 0.2) is 23.0 Å². The van der Waals surface area contributed by atoms with Gasteiger partial charge in [-0.2, -0.15) is 23.3 Å². The van der Waals surface area contributed by atoms with E-state index in [1.54, 1.807) is 37.4 Å². The van der Waals surface area contributed by atoms with Crippen LogP contribution in [0.25, 0.3) is 22.3 Å². The van der Waals surface area contributed by atoms with Crippen molar-refractivity contribution < 1.29 is 26.7 Å². The summed E-state index contributed by atoms with van der Waals surface area (Å²) in [5, 5.41) is 4.50. The number of likely N-dealkylation sites (N-methyl/N-ethyl adjacent to an activating group) is 2. The molecule has 222 valence electrons. The number of para-hydroxylation sites is 1. The minimum Gasteiger partial charge on any atom is -0.483 e. The van der Waals surface area contributed by atoms with Gasteiger partial charge in [-0.15, -0.1) is 0 Å². The monoisotopic (exact) mass is 594 g/mol. The number of rotatable bonds is 6. The van der Waals surface area contributed by atoms with Crippen LogP contribution in [-0.2, 0) is 26.3 Å². The molecule has 1 atom stereocenters. The number of benzene rings is 3. The van der Waals surface area contributed by atoms with Gasteiger partial charge in [0.25, 0.3) is 0 Å². The van der Waals surface area contributed by atoms with Crippen molar-refractivity contribution >= 4 is 22.7 Å². The summed E-state index contributed by atoms with van der Waals surface area (Å²) in [6.07, 6.45) is -2.94. The van der Waals surface area contributed by atoms with E-state index in [0.29, 0.717) is 17.6 Å². The van der Waals surface area contributed by atoms with Gasteiger partial charge in [0, 0.05) is 45.1 Å². The van der Waals surface area contributed by atoms with Crippen LogP contribution in [0.2, 0.25) is 0 Å². The van der Waals surface area contributed by atoms with Crippen molar-refractivity contribution in [1.82, 2.24) is 19.7 Å². The number of hydrogen-bond acceptors (Lipinski definition) is 6. The zero-order valence-electron chi connectivity index (χ0n) is 23.5. The predicted molar refractivity (Wildman–Crippen MR) is 153 cm³/mol. The molecule has 3 aromatic carbocycles. The van der Waals surface area contributed by atoms with Gasteiger partial charge in [0.2, 0.25) is 5.95 Å². The molecule has 0 amide bonds. The van der Waals surface area contributed by atoms with Gasteiger partial charge in [0.1, 0.15) is 12.3 Å². The molecule has 1 aliphatic heterocycles. The van der Waals surface area contributed by atoms with Crippen molar-refractivity contribution in [2.24, 2.45) is 7.05 Å². The molecule has 5 aromatic rings. The van der Waals surface area contributed by atoms with E-state index < -0.39 is 34.7 Å². The standard InChI is InChI=1S/C31H27F5N6O/c1-40-16-20(13-19-11-7-8-12-24(19)40)41(2)30-37-15-22-27(39-42(3)29(22)38-30)21-14-23(31(34,35)36)26(33)28(25(21)32)43-17-18-9-5-4-6-10-18/h4-12,14-15,20H,13,16-17H2,1-3H3/t20-/m0/s1. The smallest absolute Gasteiger partial charge is 0.419 e. The highest BCUT2D eigenvalue weighted by Crippen LogP contribution is 2.42. The normalized spacial score (nSPS) is 15.1. The molecule has 43 heavy (non-hydrogen) atoms. The van der Waals surface area contributed by atoms with Crippen molar-refractivity contribution in [2.45, 2.75) is 25.2 Å². The zero-order chi connectivity index (χ0) is 30.5. The lowest BCUT2D eigenvalue weighted by Crippen LogP contribution is -2.46. The first-order valence-electron chi connectivity index (χ1n) is 13.5. The van der Waals surface area contributed by atoms with E-state index in [0.717, 1.165) is 18.7 Å². The Balaban J connectivity index is 1.38. The largest absolute Gasteiger partial charge is 0.483 e. The molecule has 0 unspecified atom stereocenters. The molecular weight excluding hydrogens is 567 g/mol. The maximum atomic E-state index is 15.8. The third-order valence-electron chi connectivity index (χ3n) is 7.72. The number of hydrogen-bond donors (Lipinski definition) is 0. The van der Waals surface area contributed by atoms with Crippen LogP contribution >= 0.6 is 0 Å². The van der Waals surface area contributed by atoms with E-state index in [4.69, 9.17) is 4.74 Å². The molecule has 2 aromatic heterocycles. The van der Waals surface area contributed by atoms with Crippen molar-refractivity contribution in [3.05, 3.63) is 95.2 Å². The first-order valence-corrected chi connectivity index (χ1v) is 13.5. The zero-order valence-corrected chi connectivity index (χ0v) is 23.5. The molecule has 0 radical (unpaired) electrons. The van der Waals surface area contributed by atoms with Crippen LogP contribution in [0.15, 0.2) is 66.9 Å². The lowest BCUT2D eigenvalue weighted by molar-refractivity contribution is -0.140. The molecule has 0 aliphatic carbocycles. The summed E-state index contributed by atoms with van der Waals surface area (Å²) < 4.78 is 79.2. The van der Waals surface area contributed by atoms with Crippen molar-refractivity contribution in [3.8, 4) is 17.0 Å². The van der Waals surface area contributed by atoms with Gasteiger partial charge in [-0.25, -0.2) is 18.4 Å². The molecule has 0 bridgehead atoms. The van der Waals surface area contributed by atoms with E-state index in [1.165, 1.54) is 16.4 Å². The predicted octanol–water partition coefficient (Wildman–Crippen LogP) is 6.40. The summed E-state index contributed by atoms with van der Waals surface area (Å²) in [6, 6.07) is 16.9. The fraction of sp³-hybridized carbons (Fsp3) is 0.258. The Kier molecular flexibility index (Phi) is 7.15. The average Bonchev–Trinajstić information content (AvgIpc) is 3.31. The number of halogens is 5. The summed E-state index contributed by atoms with van der Waals surface area (Å²) in [7, 11) is 5.43. The lowest BCUT2D eigenvalue weighted by Gasteiger charge is -2.38. The SMILES string of the molecule is CN1C[C@@H](N(C)c2ncc3c(-c4cc(C(F)(F)F)c(F)c(OCc5ccccc5)c4F)nn(C)c3n2)Cc2ccccc21. The number of anilines is 2. The number of nitrogens with zero attached hydrogens (tertiary/aromatic N) is 6. The molecule has 0 spiro atoms. The van der Waals surface area contributed by atoms with Gasteiger partial charge in [-0.05, 0) is 29.7 Å². The van der Waals surface area contributed by atoms with Crippen LogP contribution in [0.5, 0.6) is 5.75 Å². The minimum atomic E-state index is -5.11. The number of aryl methyl sites for hydroxylation is 1. The minimum absolute atomic E-state index is 0.0401. The summed E-state index contributed by atoms with van der Waals surface area (Å²) in [6.45, 7) is 0.385. The first-order chi connectivity index (χ1) is 20.5. The first kappa shape index (κ1) is 28.4. The van der Waals surface area contributed by atoms with Gasteiger partial charge in [-0.1, -0.05) is 48.5 Å². The van der Waals surface area contributed by atoms with Crippen LogP contribution in [0.4, 0.5) is 33.6 Å². The van der Waals surface area contributed by atoms with E-state index in [-0.39, 0.29) is 29.4 Å². The van der Waals surface area contributed by atoms with E-state index in [2.05, 4.69) is 32.1 Å². The fourth-order valence-electron chi connectivity index (χ4n) is 5.46. The maximum absolute atomic E-state index is 15.8. The molecule has 0 saturated carbocycles. The van der Waals surface area contributed by atoms with E-state index in [9.17, 15) is 13.2 Å². The molecule has 7 nitrogen and oxygen atoms in total. The summed E-state index contributed by atoms with van der Waals surface area (Å²) in [5.74, 6) is -3.88. The molecular formula is C31H27F5N6O. The van der Waals surface area contributed by atoms with Crippen LogP contribution in [0, 0.1) is 11.6 Å². The Bertz CT molecular complexity index is 1810. The fourth-order valence-corrected chi connectivity index (χ4v) is 5.46. The topological polar surface area (TPSA) is 59.3 Å². The second-order valence-electron chi connectivity index (χ2n) is 10.6. The highest BCUT2D eigenvalue weighted by atomic mass is 19.4. The summed E-state index contributed by atoms with van der Waals surface area (Å²) in [4.78, 5) is 13.2.